The molecule has 1 aromatic rings. The average Bonchev–Trinajstić information content (AvgIpc) is 2.69. The van der Waals surface area contributed by atoms with Crippen molar-refractivity contribution in [3.8, 4) is 5.75 Å². The molecule has 0 radical (unpaired) electrons. The number of carbonyl (C=O) groups is 3. The van der Waals surface area contributed by atoms with Crippen LogP contribution in [0.5, 0.6) is 5.75 Å². The van der Waals surface area contributed by atoms with E-state index in [1.54, 1.807) is 24.3 Å². The van der Waals surface area contributed by atoms with Gasteiger partial charge in [0.05, 0.1) is 31.8 Å². The van der Waals surface area contributed by atoms with E-state index in [4.69, 9.17) is 14.2 Å². The van der Waals surface area contributed by atoms with E-state index < -0.39 is 41.1 Å². The molecule has 0 spiro atoms. The van der Waals surface area contributed by atoms with Gasteiger partial charge in [0.25, 0.3) is 0 Å². The number of ether oxygens (including phenoxy) is 3. The highest BCUT2D eigenvalue weighted by Gasteiger charge is 2.57. The van der Waals surface area contributed by atoms with Gasteiger partial charge in [-0.3, -0.25) is 14.4 Å². The summed E-state index contributed by atoms with van der Waals surface area (Å²) in [6.45, 7) is 9.37. The third-order valence-corrected chi connectivity index (χ3v) is 5.37. The Morgan fingerprint density at radius 2 is 1.68 bits per heavy atom. The van der Waals surface area contributed by atoms with Crippen LogP contribution in [0.25, 0.3) is 0 Å². The van der Waals surface area contributed by atoms with Crippen molar-refractivity contribution >= 4 is 17.7 Å². The molecule has 1 aromatic carbocycles. The Morgan fingerprint density at radius 1 is 1.10 bits per heavy atom. The lowest BCUT2D eigenvalue weighted by Crippen LogP contribution is -2.55. The highest BCUT2D eigenvalue weighted by atomic mass is 16.5. The zero-order valence-electron chi connectivity index (χ0n) is 19.2. The molecular formula is C24H34O7. The summed E-state index contributed by atoms with van der Waals surface area (Å²) in [7, 11) is 1.50. The molecule has 1 fully saturated rings. The van der Waals surface area contributed by atoms with E-state index in [9.17, 15) is 19.5 Å². The molecule has 172 valence electrons. The molecule has 1 aliphatic carbocycles. The van der Waals surface area contributed by atoms with Crippen LogP contribution in [0.4, 0.5) is 0 Å². The predicted octanol–water partition coefficient (Wildman–Crippen LogP) is 3.13. The summed E-state index contributed by atoms with van der Waals surface area (Å²) in [6.07, 6.45) is -0.337. The quantitative estimate of drug-likeness (QED) is 0.496. The predicted molar refractivity (Wildman–Crippen MR) is 115 cm³/mol. The molecule has 1 saturated carbocycles. The van der Waals surface area contributed by atoms with Crippen LogP contribution in [0.1, 0.15) is 52.5 Å². The van der Waals surface area contributed by atoms with Gasteiger partial charge in [-0.1, -0.05) is 39.8 Å². The average molecular weight is 435 g/mol. The Kier molecular flexibility index (Phi) is 8.23. The maximum absolute atomic E-state index is 13.1. The van der Waals surface area contributed by atoms with Crippen molar-refractivity contribution in [1.29, 1.82) is 0 Å². The fourth-order valence-electron chi connectivity index (χ4n) is 3.94. The lowest BCUT2D eigenvalue weighted by Gasteiger charge is -2.43. The van der Waals surface area contributed by atoms with Crippen molar-refractivity contribution in [2.24, 2.45) is 23.7 Å². The Morgan fingerprint density at radius 3 is 2.23 bits per heavy atom. The van der Waals surface area contributed by atoms with Crippen LogP contribution in [-0.2, 0) is 23.9 Å². The normalized spacial score (nSPS) is 26.1. The van der Waals surface area contributed by atoms with Crippen molar-refractivity contribution in [3.63, 3.8) is 0 Å². The lowest BCUT2D eigenvalue weighted by atomic mass is 9.61. The number of ketones is 1. The van der Waals surface area contributed by atoms with Crippen molar-refractivity contribution in [2.45, 2.75) is 52.6 Å². The fourth-order valence-corrected chi connectivity index (χ4v) is 3.94. The molecule has 4 atom stereocenters. The third-order valence-electron chi connectivity index (χ3n) is 5.37. The fraction of sp³-hybridized carbons (Fsp3) is 0.625. The van der Waals surface area contributed by atoms with E-state index in [0.29, 0.717) is 11.3 Å². The van der Waals surface area contributed by atoms with Gasteiger partial charge >= 0.3 is 11.9 Å². The molecule has 7 nitrogen and oxygen atoms in total. The van der Waals surface area contributed by atoms with Gasteiger partial charge in [-0.25, -0.2) is 0 Å². The summed E-state index contributed by atoms with van der Waals surface area (Å²) in [5.41, 5.74) is -1.14. The lowest BCUT2D eigenvalue weighted by molar-refractivity contribution is -0.173. The molecule has 0 aromatic heterocycles. The summed E-state index contributed by atoms with van der Waals surface area (Å²) >= 11 is 0. The van der Waals surface area contributed by atoms with Crippen molar-refractivity contribution in [1.82, 2.24) is 0 Å². The molecule has 0 aliphatic heterocycles. The third kappa shape index (κ3) is 6.06. The number of aliphatic hydroxyl groups is 1. The van der Waals surface area contributed by atoms with Crippen LogP contribution in [0.3, 0.4) is 0 Å². The maximum atomic E-state index is 13.1. The first-order valence-electron chi connectivity index (χ1n) is 10.7. The molecule has 0 unspecified atom stereocenters. The first-order valence-corrected chi connectivity index (χ1v) is 10.7. The van der Waals surface area contributed by atoms with Gasteiger partial charge in [-0.15, -0.1) is 0 Å². The Bertz CT molecular complexity index is 797. The van der Waals surface area contributed by atoms with Gasteiger partial charge in [0, 0.05) is 12.3 Å². The van der Waals surface area contributed by atoms with Gasteiger partial charge in [0.15, 0.2) is 5.78 Å². The second-order valence-electron chi connectivity index (χ2n) is 9.31. The smallest absolute Gasteiger partial charge is 0.317 e. The monoisotopic (exact) mass is 434 g/mol. The number of rotatable bonds is 8. The van der Waals surface area contributed by atoms with Gasteiger partial charge < -0.3 is 19.3 Å². The number of esters is 2. The van der Waals surface area contributed by atoms with Crippen molar-refractivity contribution < 1.29 is 33.7 Å². The summed E-state index contributed by atoms with van der Waals surface area (Å²) in [4.78, 5) is 39.1. The minimum Gasteiger partial charge on any atom is -0.497 e. The molecule has 0 amide bonds. The molecule has 1 aliphatic rings. The number of hydrogen-bond acceptors (Lipinski definition) is 7. The number of benzene rings is 1. The van der Waals surface area contributed by atoms with E-state index in [1.165, 1.54) is 14.0 Å². The number of carbonyl (C=O) groups excluding carboxylic acids is 3. The molecule has 0 bridgehead atoms. The Labute approximate surface area is 184 Å². The van der Waals surface area contributed by atoms with Gasteiger partial charge in [0.1, 0.15) is 11.7 Å². The second kappa shape index (κ2) is 10.3. The van der Waals surface area contributed by atoms with Crippen LogP contribution in [0.2, 0.25) is 0 Å². The van der Waals surface area contributed by atoms with E-state index in [2.05, 4.69) is 0 Å². The highest BCUT2D eigenvalue weighted by molar-refractivity contribution is 6.02. The molecule has 31 heavy (non-hydrogen) atoms. The molecule has 0 heterocycles. The van der Waals surface area contributed by atoms with Crippen LogP contribution >= 0.6 is 0 Å². The molecule has 2 rings (SSSR count). The molecule has 0 saturated heterocycles. The zero-order chi connectivity index (χ0) is 23.3. The molecule has 7 heteroatoms. The van der Waals surface area contributed by atoms with E-state index in [-0.39, 0.29) is 31.5 Å². The summed E-state index contributed by atoms with van der Waals surface area (Å²) in [6, 6.07) is 6.83. The standard InChI is InChI=1S/C24H34O7/c1-14(2)12-30-22(26)20-18(25)11-24(5,28)21(23(27)31-13-15(3)4)19(20)16-8-7-9-17(10-16)29-6/h7-10,14-15,19-21,28H,11-13H2,1-6H3/t19-,20+,21+,24-/m1/s1. The number of Topliss-reactive ketones (excluding diaryl/α,β-unsaturated/α-hetero) is 1. The summed E-state index contributed by atoms with van der Waals surface area (Å²) in [5, 5.41) is 11.1. The second-order valence-corrected chi connectivity index (χ2v) is 9.31. The van der Waals surface area contributed by atoms with E-state index >= 15 is 0 Å². The summed E-state index contributed by atoms with van der Waals surface area (Å²) < 4.78 is 16.1. The Hall–Kier alpha value is -2.41. The van der Waals surface area contributed by atoms with E-state index in [0.717, 1.165) is 0 Å². The minimum absolute atomic E-state index is 0.0906. The Balaban J connectivity index is 2.55. The van der Waals surface area contributed by atoms with Crippen molar-refractivity contribution in [3.05, 3.63) is 29.8 Å². The summed E-state index contributed by atoms with van der Waals surface area (Å²) in [5.74, 6) is -4.36. The van der Waals surface area contributed by atoms with Crippen LogP contribution in [0, 0.1) is 23.7 Å². The van der Waals surface area contributed by atoms with Crippen LogP contribution in [0.15, 0.2) is 24.3 Å². The minimum atomic E-state index is -1.67. The van der Waals surface area contributed by atoms with Crippen LogP contribution in [-0.4, -0.2) is 48.8 Å². The van der Waals surface area contributed by atoms with E-state index in [1.807, 2.05) is 27.7 Å². The first-order chi connectivity index (χ1) is 14.5. The maximum Gasteiger partial charge on any atom is 0.317 e. The first kappa shape index (κ1) is 24.9. The highest BCUT2D eigenvalue weighted by Crippen LogP contribution is 2.47. The van der Waals surface area contributed by atoms with Gasteiger partial charge in [-0.05, 0) is 36.5 Å². The largest absolute Gasteiger partial charge is 0.497 e. The van der Waals surface area contributed by atoms with Gasteiger partial charge in [0.2, 0.25) is 0 Å². The topological polar surface area (TPSA) is 99.1 Å². The van der Waals surface area contributed by atoms with Crippen LogP contribution < -0.4 is 4.74 Å². The molecule has 1 N–H and O–H groups in total. The number of methoxy groups -OCH3 is 1. The SMILES string of the molecule is COc1cccc([C@@H]2[C@@H](C(=O)OCC(C)C)C(=O)C[C@@](C)(O)[C@@H]2C(=O)OCC(C)C)c1. The number of hydrogen-bond donors (Lipinski definition) is 1. The van der Waals surface area contributed by atoms with Crippen molar-refractivity contribution in [2.75, 3.05) is 20.3 Å². The molecular weight excluding hydrogens is 400 g/mol. The van der Waals surface area contributed by atoms with Gasteiger partial charge in [-0.2, -0.15) is 0 Å². The zero-order valence-corrected chi connectivity index (χ0v) is 19.2.